The zero-order valence-corrected chi connectivity index (χ0v) is 20.5. The largest absolute Gasteiger partial charge is 0.466 e. The van der Waals surface area contributed by atoms with E-state index in [1.165, 1.54) is 18.9 Å². The number of urea groups is 1. The fourth-order valence-corrected chi connectivity index (χ4v) is 5.35. The second-order valence-electron chi connectivity index (χ2n) is 8.64. The highest BCUT2D eigenvalue weighted by Crippen LogP contribution is 2.40. The van der Waals surface area contributed by atoms with Crippen LogP contribution in [0.15, 0.2) is 77.1 Å². The van der Waals surface area contributed by atoms with Crippen molar-refractivity contribution in [3.05, 3.63) is 88.9 Å². The summed E-state index contributed by atoms with van der Waals surface area (Å²) in [6, 6.07) is 19.0. The molecule has 0 radical (unpaired) electrons. The molecule has 1 atom stereocenters. The topological polar surface area (TPSA) is 89.3 Å². The van der Waals surface area contributed by atoms with Crippen molar-refractivity contribution in [2.24, 2.45) is 0 Å². The number of nitrogens with zero attached hydrogens (tertiary/aromatic N) is 4. The number of aryl methyl sites for hydroxylation is 1. The zero-order chi connectivity index (χ0) is 24.4. The minimum absolute atomic E-state index is 0.0888. The van der Waals surface area contributed by atoms with E-state index >= 15 is 0 Å². The molecule has 1 aromatic heterocycles. The number of hydrogen-bond acceptors (Lipinski definition) is 6. The highest BCUT2D eigenvalue weighted by Gasteiger charge is 2.44. The summed E-state index contributed by atoms with van der Waals surface area (Å²) in [5.41, 5.74) is 3.12. The fraction of sp³-hybridized carbons (Fsp3) is 0.308. The summed E-state index contributed by atoms with van der Waals surface area (Å²) < 4.78 is 7.25. The second-order valence-corrected chi connectivity index (χ2v) is 9.58. The first kappa shape index (κ1) is 23.2. The minimum Gasteiger partial charge on any atom is -0.466 e. The molecule has 5 rings (SSSR count). The number of methoxy groups -OCH3 is 1. The monoisotopic (exact) mass is 489 g/mol. The summed E-state index contributed by atoms with van der Waals surface area (Å²) in [7, 11) is 1.37. The average Bonchev–Trinajstić information content (AvgIpc) is 3.67. The Labute approximate surface area is 208 Å². The van der Waals surface area contributed by atoms with Crippen LogP contribution in [0.4, 0.5) is 4.79 Å². The van der Waals surface area contributed by atoms with Crippen LogP contribution in [-0.2, 0) is 16.1 Å². The number of aromatic nitrogens is 3. The van der Waals surface area contributed by atoms with E-state index in [1.807, 2.05) is 55.5 Å². The van der Waals surface area contributed by atoms with Crippen molar-refractivity contribution in [3.63, 3.8) is 0 Å². The zero-order valence-electron chi connectivity index (χ0n) is 19.7. The van der Waals surface area contributed by atoms with Crippen molar-refractivity contribution >= 4 is 23.8 Å². The highest BCUT2D eigenvalue weighted by molar-refractivity contribution is 7.99. The lowest BCUT2D eigenvalue weighted by Gasteiger charge is -2.36. The Bertz CT molecular complexity index is 1250. The average molecular weight is 490 g/mol. The number of amides is 2. The van der Waals surface area contributed by atoms with Crippen molar-refractivity contribution in [1.29, 1.82) is 0 Å². The molecule has 180 valence electrons. The number of hydrogen-bond donors (Lipinski definition) is 1. The van der Waals surface area contributed by atoms with Crippen LogP contribution in [0.3, 0.4) is 0 Å². The third kappa shape index (κ3) is 4.81. The van der Waals surface area contributed by atoms with Crippen LogP contribution >= 0.6 is 11.8 Å². The molecule has 0 bridgehead atoms. The molecule has 8 nitrogen and oxygen atoms in total. The van der Waals surface area contributed by atoms with Crippen LogP contribution in [0.1, 0.15) is 35.8 Å². The van der Waals surface area contributed by atoms with Gasteiger partial charge < -0.3 is 14.6 Å². The summed E-state index contributed by atoms with van der Waals surface area (Å²) in [5.74, 6) is 0.757. The third-order valence-corrected chi connectivity index (χ3v) is 7.23. The van der Waals surface area contributed by atoms with E-state index in [9.17, 15) is 9.59 Å². The van der Waals surface area contributed by atoms with E-state index in [1.54, 1.807) is 4.90 Å². The summed E-state index contributed by atoms with van der Waals surface area (Å²) in [6.07, 6.45) is 1.82. The van der Waals surface area contributed by atoms with Gasteiger partial charge in [0.25, 0.3) is 0 Å². The van der Waals surface area contributed by atoms with E-state index in [0.29, 0.717) is 23.6 Å². The van der Waals surface area contributed by atoms with E-state index < -0.39 is 12.0 Å². The summed E-state index contributed by atoms with van der Waals surface area (Å²) in [4.78, 5) is 28.1. The molecule has 2 amide bonds. The third-order valence-electron chi connectivity index (χ3n) is 6.25. The Morgan fingerprint density at radius 3 is 2.43 bits per heavy atom. The van der Waals surface area contributed by atoms with Crippen molar-refractivity contribution in [1.82, 2.24) is 25.0 Å². The lowest BCUT2D eigenvalue weighted by atomic mass is 9.95. The van der Waals surface area contributed by atoms with Crippen LogP contribution in [0.5, 0.6) is 0 Å². The molecule has 1 saturated carbocycles. The SMILES string of the molecule is COC(=O)C1=C(CSc2nnc(C)n2Cc2ccccc2)N(C2CC2)C(=O)NC1c1ccccc1. The van der Waals surface area contributed by atoms with Gasteiger partial charge in [-0.05, 0) is 30.9 Å². The predicted molar refractivity (Wildman–Crippen MR) is 133 cm³/mol. The maximum Gasteiger partial charge on any atom is 0.338 e. The molecule has 2 aliphatic rings. The number of rotatable bonds is 8. The molecule has 2 aromatic carbocycles. The van der Waals surface area contributed by atoms with Gasteiger partial charge in [-0.15, -0.1) is 10.2 Å². The van der Waals surface area contributed by atoms with Crippen LogP contribution in [0, 0.1) is 6.92 Å². The maximum absolute atomic E-state index is 13.2. The molecular formula is C26H27N5O3S. The van der Waals surface area contributed by atoms with Gasteiger partial charge in [-0.3, -0.25) is 4.90 Å². The molecule has 1 aliphatic heterocycles. The van der Waals surface area contributed by atoms with Crippen LogP contribution < -0.4 is 5.32 Å². The molecule has 3 aromatic rings. The minimum atomic E-state index is -0.578. The van der Waals surface area contributed by atoms with Gasteiger partial charge in [-0.2, -0.15) is 0 Å². The Hall–Kier alpha value is -3.59. The first-order chi connectivity index (χ1) is 17.1. The number of carbonyl (C=O) groups excluding carboxylic acids is 2. The van der Waals surface area contributed by atoms with Crippen LogP contribution in [0.25, 0.3) is 0 Å². The van der Waals surface area contributed by atoms with E-state index in [0.717, 1.165) is 34.9 Å². The van der Waals surface area contributed by atoms with Crippen molar-refractivity contribution in [2.45, 2.75) is 43.6 Å². The number of ether oxygens (including phenoxy) is 1. The van der Waals surface area contributed by atoms with E-state index in [-0.39, 0.29) is 12.1 Å². The van der Waals surface area contributed by atoms with E-state index in [2.05, 4.69) is 32.2 Å². The molecule has 35 heavy (non-hydrogen) atoms. The lowest BCUT2D eigenvalue weighted by molar-refractivity contribution is -0.136. The Morgan fingerprint density at radius 1 is 1.09 bits per heavy atom. The first-order valence-corrected chi connectivity index (χ1v) is 12.6. The van der Waals surface area contributed by atoms with Gasteiger partial charge in [0, 0.05) is 17.5 Å². The molecule has 0 spiro atoms. The molecule has 1 aliphatic carbocycles. The van der Waals surface area contributed by atoms with Crippen LogP contribution in [0.2, 0.25) is 0 Å². The number of benzene rings is 2. The van der Waals surface area contributed by atoms with Crippen LogP contribution in [-0.4, -0.2) is 50.6 Å². The van der Waals surface area contributed by atoms with Gasteiger partial charge in [-0.1, -0.05) is 72.4 Å². The number of thioether (sulfide) groups is 1. The molecule has 1 unspecified atom stereocenters. The summed E-state index contributed by atoms with van der Waals surface area (Å²) in [5, 5.41) is 12.4. The Morgan fingerprint density at radius 2 is 1.77 bits per heavy atom. The fourth-order valence-electron chi connectivity index (χ4n) is 4.34. The molecule has 9 heteroatoms. The molecule has 0 saturated heterocycles. The molecular weight excluding hydrogens is 462 g/mol. The number of nitrogens with one attached hydrogen (secondary N) is 1. The number of carbonyl (C=O) groups is 2. The second kappa shape index (κ2) is 9.95. The van der Waals surface area contributed by atoms with Gasteiger partial charge in [0.15, 0.2) is 5.16 Å². The van der Waals surface area contributed by atoms with Crippen molar-refractivity contribution < 1.29 is 14.3 Å². The first-order valence-electron chi connectivity index (χ1n) is 11.6. The predicted octanol–water partition coefficient (Wildman–Crippen LogP) is 4.08. The van der Waals surface area contributed by atoms with Gasteiger partial charge in [-0.25, -0.2) is 9.59 Å². The van der Waals surface area contributed by atoms with E-state index in [4.69, 9.17) is 4.74 Å². The standard InChI is InChI=1S/C26H27N5O3S/c1-17-28-29-26(30(17)15-18-9-5-3-6-10-18)35-16-21-22(24(32)34-2)23(19-11-7-4-8-12-19)27-25(33)31(21)20-13-14-20/h3-12,20,23H,13-16H2,1-2H3,(H,27,33). The van der Waals surface area contributed by atoms with Gasteiger partial charge >= 0.3 is 12.0 Å². The smallest absolute Gasteiger partial charge is 0.338 e. The summed E-state index contributed by atoms with van der Waals surface area (Å²) >= 11 is 1.48. The Kier molecular flexibility index (Phi) is 6.59. The van der Waals surface area contributed by atoms with Gasteiger partial charge in [0.05, 0.1) is 25.3 Å². The lowest BCUT2D eigenvalue weighted by Crippen LogP contribution is -2.50. The quantitative estimate of drug-likeness (QED) is 0.379. The molecule has 1 N–H and O–H groups in total. The molecule has 1 fully saturated rings. The summed E-state index contributed by atoms with van der Waals surface area (Å²) in [6.45, 7) is 2.57. The number of esters is 1. The van der Waals surface area contributed by atoms with Gasteiger partial charge in [0.1, 0.15) is 5.82 Å². The highest BCUT2D eigenvalue weighted by atomic mass is 32.2. The molecule has 2 heterocycles. The van der Waals surface area contributed by atoms with Gasteiger partial charge in [0.2, 0.25) is 0 Å². The van der Waals surface area contributed by atoms with Crippen molar-refractivity contribution in [2.75, 3.05) is 12.9 Å². The Balaban J connectivity index is 1.51. The maximum atomic E-state index is 13.2. The normalized spacial score (nSPS) is 17.9. The van der Waals surface area contributed by atoms with Crippen molar-refractivity contribution in [3.8, 4) is 0 Å².